The van der Waals surface area contributed by atoms with Gasteiger partial charge in [-0.05, 0) is 57.8 Å². The maximum absolute atomic E-state index is 12.4. The summed E-state index contributed by atoms with van der Waals surface area (Å²) in [6, 6.07) is -0.637. The first-order chi connectivity index (χ1) is 27.5. The van der Waals surface area contributed by atoms with E-state index in [4.69, 9.17) is 4.74 Å². The molecule has 0 aliphatic rings. The highest BCUT2D eigenvalue weighted by molar-refractivity contribution is 5.76. The van der Waals surface area contributed by atoms with Gasteiger partial charge in [-0.25, -0.2) is 0 Å². The third-order valence-corrected chi connectivity index (χ3v) is 11.2. The summed E-state index contributed by atoms with van der Waals surface area (Å²) in [5.41, 5.74) is 0. The Labute approximate surface area is 348 Å². The molecule has 3 N–H and O–H groups in total. The smallest absolute Gasteiger partial charge is 0.305 e. The molecule has 0 aromatic heterocycles. The molecule has 0 fully saturated rings. The highest BCUT2D eigenvalue weighted by Gasteiger charge is 2.18. The molecule has 0 radical (unpaired) electrons. The maximum Gasteiger partial charge on any atom is 0.305 e. The van der Waals surface area contributed by atoms with Gasteiger partial charge in [-0.15, -0.1) is 0 Å². The third-order valence-electron chi connectivity index (χ3n) is 11.2. The Morgan fingerprint density at radius 1 is 0.482 bits per heavy atom. The van der Waals surface area contributed by atoms with Gasteiger partial charge in [-0.3, -0.25) is 9.59 Å². The number of hydrogen-bond acceptors (Lipinski definition) is 5. The number of ether oxygens (including phenoxy) is 1. The molecule has 2 unspecified atom stereocenters. The number of carbonyl (C=O) groups is 2. The van der Waals surface area contributed by atoms with Crippen LogP contribution in [0, 0.1) is 0 Å². The number of esters is 1. The zero-order chi connectivity index (χ0) is 40.8. The van der Waals surface area contributed by atoms with Gasteiger partial charge in [-0.2, -0.15) is 0 Å². The van der Waals surface area contributed by atoms with Crippen molar-refractivity contribution in [3.8, 4) is 0 Å². The second-order valence-corrected chi connectivity index (χ2v) is 16.8. The summed E-state index contributed by atoms with van der Waals surface area (Å²) in [7, 11) is 0. The lowest BCUT2D eigenvalue weighted by Crippen LogP contribution is -2.45. The molecule has 2 atom stereocenters. The predicted octanol–water partition coefficient (Wildman–Crippen LogP) is 14.3. The highest BCUT2D eigenvalue weighted by atomic mass is 16.5. The number of allylic oxidation sites excluding steroid dienone is 3. The Kier molecular flexibility index (Phi) is 44.7. The molecule has 0 aromatic carbocycles. The molecule has 330 valence electrons. The van der Waals surface area contributed by atoms with Gasteiger partial charge in [0, 0.05) is 12.8 Å². The monoisotopic (exact) mass is 790 g/mol. The number of rotatable bonds is 45. The molecule has 6 heteroatoms. The largest absolute Gasteiger partial charge is 0.466 e. The fourth-order valence-electron chi connectivity index (χ4n) is 7.39. The van der Waals surface area contributed by atoms with Gasteiger partial charge in [0.15, 0.2) is 0 Å². The summed E-state index contributed by atoms with van der Waals surface area (Å²) in [6.45, 7) is 4.86. The summed E-state index contributed by atoms with van der Waals surface area (Å²) in [5.74, 6) is -0.0907. The van der Waals surface area contributed by atoms with Crippen molar-refractivity contribution in [2.45, 2.75) is 270 Å². The zero-order valence-corrected chi connectivity index (χ0v) is 37.4. The Morgan fingerprint density at radius 3 is 1.27 bits per heavy atom. The molecular weight excluding hydrogens is 695 g/mol. The van der Waals surface area contributed by atoms with Gasteiger partial charge in [0.1, 0.15) is 0 Å². The highest BCUT2D eigenvalue weighted by Crippen LogP contribution is 2.15. The Bertz CT molecular complexity index is 874. The lowest BCUT2D eigenvalue weighted by molar-refractivity contribution is -0.143. The van der Waals surface area contributed by atoms with E-state index in [2.05, 4.69) is 31.3 Å². The van der Waals surface area contributed by atoms with Gasteiger partial charge < -0.3 is 20.3 Å². The molecule has 1 amide bonds. The van der Waals surface area contributed by atoms with E-state index in [-0.39, 0.29) is 18.5 Å². The lowest BCUT2D eigenvalue weighted by atomic mass is 10.0. The standard InChI is InChI=1S/C50H95NO5/c1-3-5-7-9-11-13-15-24-28-32-36-40-44-50(55)56-45-41-37-33-29-25-21-19-17-16-18-20-23-27-31-35-39-43-49(54)51-47(46-52)48(53)42-38-34-30-26-22-14-12-10-8-6-4-2/h16,18,38,42,47-48,52-53H,3-15,17,19-37,39-41,43-46H2,1-2H3,(H,51,54)/b18-16-,42-38+. The molecule has 0 aromatic rings. The SMILES string of the molecule is CCCCCCCCCCC/C=C/C(O)C(CO)NC(=O)CCCCCCC/C=C\CCCCCCCCCOC(=O)CCCCCCCCCCCCCC. The minimum Gasteiger partial charge on any atom is -0.466 e. The van der Waals surface area contributed by atoms with Crippen molar-refractivity contribution < 1.29 is 24.5 Å². The Morgan fingerprint density at radius 2 is 0.839 bits per heavy atom. The van der Waals surface area contributed by atoms with Crippen LogP contribution in [0.3, 0.4) is 0 Å². The Balaban J connectivity index is 3.49. The van der Waals surface area contributed by atoms with Crippen LogP contribution in [0.1, 0.15) is 258 Å². The summed E-state index contributed by atoms with van der Waals surface area (Å²) in [4.78, 5) is 24.4. The quantitative estimate of drug-likeness (QED) is 0.0324. The third kappa shape index (κ3) is 42.0. The van der Waals surface area contributed by atoms with Crippen molar-refractivity contribution in [3.63, 3.8) is 0 Å². The number of aliphatic hydroxyl groups is 2. The van der Waals surface area contributed by atoms with E-state index in [0.29, 0.717) is 19.4 Å². The number of unbranched alkanes of at least 4 members (excludes halogenated alkanes) is 32. The van der Waals surface area contributed by atoms with Crippen molar-refractivity contribution in [3.05, 3.63) is 24.3 Å². The molecule has 56 heavy (non-hydrogen) atoms. The lowest BCUT2D eigenvalue weighted by Gasteiger charge is -2.20. The van der Waals surface area contributed by atoms with Gasteiger partial charge >= 0.3 is 5.97 Å². The van der Waals surface area contributed by atoms with Crippen LogP contribution in [0.25, 0.3) is 0 Å². The van der Waals surface area contributed by atoms with Crippen LogP contribution in [0.2, 0.25) is 0 Å². The molecule has 0 saturated carbocycles. The van der Waals surface area contributed by atoms with Crippen molar-refractivity contribution in [2.75, 3.05) is 13.2 Å². The number of amides is 1. The predicted molar refractivity (Wildman–Crippen MR) is 241 cm³/mol. The van der Waals surface area contributed by atoms with Crippen LogP contribution in [0.15, 0.2) is 24.3 Å². The Hall–Kier alpha value is -1.66. The van der Waals surface area contributed by atoms with E-state index in [9.17, 15) is 19.8 Å². The van der Waals surface area contributed by atoms with E-state index < -0.39 is 12.1 Å². The topological polar surface area (TPSA) is 95.9 Å². The molecule has 0 rings (SSSR count). The fraction of sp³-hybridized carbons (Fsp3) is 0.880. The minimum atomic E-state index is -0.852. The number of aliphatic hydroxyl groups excluding tert-OH is 2. The van der Waals surface area contributed by atoms with E-state index >= 15 is 0 Å². The maximum atomic E-state index is 12.4. The normalized spacial score (nSPS) is 12.9. The minimum absolute atomic E-state index is 0.00388. The fourth-order valence-corrected chi connectivity index (χ4v) is 7.39. The summed E-state index contributed by atoms with van der Waals surface area (Å²) in [5, 5.41) is 22.9. The van der Waals surface area contributed by atoms with E-state index in [1.165, 1.54) is 167 Å². The van der Waals surface area contributed by atoms with Gasteiger partial charge in [0.2, 0.25) is 5.91 Å². The van der Waals surface area contributed by atoms with Crippen LogP contribution in [0.5, 0.6) is 0 Å². The van der Waals surface area contributed by atoms with E-state index in [1.807, 2.05) is 6.08 Å². The van der Waals surface area contributed by atoms with Gasteiger partial charge in [-0.1, -0.05) is 212 Å². The van der Waals surface area contributed by atoms with Crippen LogP contribution in [-0.2, 0) is 14.3 Å². The van der Waals surface area contributed by atoms with Crippen molar-refractivity contribution in [2.24, 2.45) is 0 Å². The average molecular weight is 790 g/mol. The van der Waals surface area contributed by atoms with Crippen LogP contribution in [-0.4, -0.2) is 47.4 Å². The molecule has 0 saturated heterocycles. The molecule has 0 bridgehead atoms. The van der Waals surface area contributed by atoms with Crippen LogP contribution >= 0.6 is 0 Å². The molecule has 6 nitrogen and oxygen atoms in total. The first kappa shape index (κ1) is 54.3. The van der Waals surface area contributed by atoms with Gasteiger partial charge in [0.25, 0.3) is 0 Å². The number of nitrogens with one attached hydrogen (secondary N) is 1. The first-order valence-corrected chi connectivity index (χ1v) is 24.6. The average Bonchev–Trinajstić information content (AvgIpc) is 3.20. The number of carbonyl (C=O) groups excluding carboxylic acids is 2. The van der Waals surface area contributed by atoms with E-state index in [0.717, 1.165) is 64.2 Å². The summed E-state index contributed by atoms with van der Waals surface area (Å²) in [6.07, 6.45) is 53.1. The number of hydrogen-bond donors (Lipinski definition) is 3. The summed E-state index contributed by atoms with van der Waals surface area (Å²) < 4.78 is 5.45. The molecular formula is C50H95NO5. The van der Waals surface area contributed by atoms with Crippen molar-refractivity contribution >= 4 is 11.9 Å². The molecule has 0 spiro atoms. The zero-order valence-electron chi connectivity index (χ0n) is 37.4. The van der Waals surface area contributed by atoms with Crippen molar-refractivity contribution in [1.29, 1.82) is 0 Å². The van der Waals surface area contributed by atoms with E-state index in [1.54, 1.807) is 6.08 Å². The van der Waals surface area contributed by atoms with Crippen molar-refractivity contribution in [1.82, 2.24) is 5.32 Å². The van der Waals surface area contributed by atoms with Crippen LogP contribution < -0.4 is 5.32 Å². The van der Waals surface area contributed by atoms with Crippen LogP contribution in [0.4, 0.5) is 0 Å². The molecule has 0 heterocycles. The second kappa shape index (κ2) is 46.0. The summed E-state index contributed by atoms with van der Waals surface area (Å²) >= 11 is 0. The van der Waals surface area contributed by atoms with Gasteiger partial charge in [0.05, 0.1) is 25.4 Å². The first-order valence-electron chi connectivity index (χ1n) is 24.6. The molecule has 0 aliphatic heterocycles. The second-order valence-electron chi connectivity index (χ2n) is 16.8. The molecule has 0 aliphatic carbocycles.